The summed E-state index contributed by atoms with van der Waals surface area (Å²) < 4.78 is 0. The second-order valence-electron chi connectivity index (χ2n) is 5.92. The summed E-state index contributed by atoms with van der Waals surface area (Å²) in [5, 5.41) is 10.4. The van der Waals surface area contributed by atoms with Crippen LogP contribution in [0.15, 0.2) is 101 Å². The molecule has 25 heavy (non-hydrogen) atoms. The second kappa shape index (κ2) is 7.49. The number of thioether (sulfide) groups is 1. The van der Waals surface area contributed by atoms with Gasteiger partial charge >= 0.3 is 0 Å². The Kier molecular flexibility index (Phi) is 4.75. The summed E-state index contributed by atoms with van der Waals surface area (Å²) in [7, 11) is 0. The highest BCUT2D eigenvalue weighted by Crippen LogP contribution is 2.37. The Balaban J connectivity index is 1.69. The van der Waals surface area contributed by atoms with Gasteiger partial charge in [-0.2, -0.15) is 5.10 Å². The van der Waals surface area contributed by atoms with Gasteiger partial charge in [0.05, 0.1) is 11.0 Å². The van der Waals surface area contributed by atoms with Crippen LogP contribution in [0.5, 0.6) is 0 Å². The molecule has 0 radical (unpaired) electrons. The fourth-order valence-corrected chi connectivity index (χ4v) is 4.09. The van der Waals surface area contributed by atoms with Crippen molar-refractivity contribution in [3.8, 4) is 0 Å². The standard InChI is InChI=1S/C22H18N2S/c1-4-10-17(11-5-1)16-20-23-24-21(18-12-6-2-7-13-18)22(25-20)19-14-8-3-9-15-19/h1-15,22H,16H2. The van der Waals surface area contributed by atoms with Gasteiger partial charge in [0.2, 0.25) is 0 Å². The lowest BCUT2D eigenvalue weighted by Crippen LogP contribution is -2.17. The topological polar surface area (TPSA) is 24.7 Å². The number of nitrogens with zero attached hydrogens (tertiary/aromatic N) is 2. The van der Waals surface area contributed by atoms with Crippen LogP contribution in [0.2, 0.25) is 0 Å². The van der Waals surface area contributed by atoms with E-state index in [1.807, 2.05) is 24.3 Å². The largest absolute Gasteiger partial charge is 0.153 e. The number of hydrogen-bond acceptors (Lipinski definition) is 3. The number of rotatable bonds is 4. The van der Waals surface area contributed by atoms with Crippen molar-refractivity contribution in [3.63, 3.8) is 0 Å². The van der Waals surface area contributed by atoms with Gasteiger partial charge in [-0.3, -0.25) is 0 Å². The molecule has 1 aliphatic rings. The van der Waals surface area contributed by atoms with Crippen LogP contribution >= 0.6 is 11.8 Å². The molecule has 122 valence electrons. The second-order valence-corrected chi connectivity index (χ2v) is 7.09. The van der Waals surface area contributed by atoms with Crippen LogP contribution in [-0.4, -0.2) is 10.8 Å². The average molecular weight is 342 g/mol. The fraction of sp³-hybridized carbons (Fsp3) is 0.0909. The van der Waals surface area contributed by atoms with Crippen LogP contribution in [-0.2, 0) is 6.42 Å². The summed E-state index contributed by atoms with van der Waals surface area (Å²) in [6, 6.07) is 31.3. The SMILES string of the molecule is c1ccc(CC2=NN=C(c3ccccc3)C(c3ccccc3)S2)cc1. The molecule has 1 heterocycles. The Morgan fingerprint density at radius 1 is 0.680 bits per heavy atom. The molecule has 2 nitrogen and oxygen atoms in total. The quantitative estimate of drug-likeness (QED) is 0.613. The smallest absolute Gasteiger partial charge is 0.101 e. The van der Waals surface area contributed by atoms with Gasteiger partial charge < -0.3 is 0 Å². The molecule has 0 aliphatic carbocycles. The molecule has 0 aromatic heterocycles. The first-order chi connectivity index (χ1) is 12.4. The molecule has 1 atom stereocenters. The molecule has 1 unspecified atom stereocenters. The van der Waals surface area contributed by atoms with E-state index in [1.165, 1.54) is 11.1 Å². The van der Waals surface area contributed by atoms with Crippen molar-refractivity contribution in [2.45, 2.75) is 11.7 Å². The van der Waals surface area contributed by atoms with Crippen molar-refractivity contribution >= 4 is 22.5 Å². The van der Waals surface area contributed by atoms with E-state index in [4.69, 9.17) is 0 Å². The predicted molar refractivity (Wildman–Crippen MR) is 107 cm³/mol. The minimum absolute atomic E-state index is 0.166. The Morgan fingerprint density at radius 2 is 1.28 bits per heavy atom. The van der Waals surface area contributed by atoms with E-state index in [2.05, 4.69) is 76.9 Å². The first kappa shape index (κ1) is 15.9. The average Bonchev–Trinajstić information content (AvgIpc) is 2.70. The van der Waals surface area contributed by atoms with E-state index >= 15 is 0 Å². The summed E-state index contributed by atoms with van der Waals surface area (Å²) in [6.45, 7) is 0. The van der Waals surface area contributed by atoms with Crippen LogP contribution < -0.4 is 0 Å². The fourth-order valence-electron chi connectivity index (χ4n) is 2.90. The van der Waals surface area contributed by atoms with Crippen LogP contribution in [0.3, 0.4) is 0 Å². The van der Waals surface area contributed by atoms with Crippen LogP contribution in [0.1, 0.15) is 21.9 Å². The van der Waals surface area contributed by atoms with Gasteiger partial charge in [0.15, 0.2) is 0 Å². The number of hydrogen-bond donors (Lipinski definition) is 0. The summed E-state index contributed by atoms with van der Waals surface area (Å²) in [5.74, 6) is 0. The molecule has 3 aromatic rings. The van der Waals surface area contributed by atoms with Gasteiger partial charge in [-0.05, 0) is 16.7 Å². The van der Waals surface area contributed by atoms with Crippen molar-refractivity contribution in [3.05, 3.63) is 108 Å². The van der Waals surface area contributed by atoms with Crippen molar-refractivity contribution in [1.82, 2.24) is 0 Å². The molecule has 0 fully saturated rings. The van der Waals surface area contributed by atoms with E-state index in [0.717, 1.165) is 22.7 Å². The van der Waals surface area contributed by atoms with Crippen molar-refractivity contribution in [2.75, 3.05) is 0 Å². The Morgan fingerprint density at radius 3 is 1.96 bits per heavy atom. The molecule has 1 aliphatic heterocycles. The molecular weight excluding hydrogens is 324 g/mol. The molecule has 0 bridgehead atoms. The normalized spacial score (nSPS) is 16.9. The monoisotopic (exact) mass is 342 g/mol. The van der Waals surface area contributed by atoms with Crippen molar-refractivity contribution in [1.29, 1.82) is 0 Å². The molecule has 0 amide bonds. The lowest BCUT2D eigenvalue weighted by molar-refractivity contribution is 1.14. The zero-order valence-corrected chi connectivity index (χ0v) is 14.6. The van der Waals surface area contributed by atoms with E-state index in [9.17, 15) is 0 Å². The lowest BCUT2D eigenvalue weighted by Gasteiger charge is -2.23. The third-order valence-electron chi connectivity index (χ3n) is 4.14. The highest BCUT2D eigenvalue weighted by atomic mass is 32.2. The molecule has 3 aromatic carbocycles. The van der Waals surface area contributed by atoms with Gasteiger partial charge in [-0.1, -0.05) is 103 Å². The maximum absolute atomic E-state index is 4.62. The van der Waals surface area contributed by atoms with E-state index in [-0.39, 0.29) is 5.25 Å². The van der Waals surface area contributed by atoms with E-state index in [0.29, 0.717) is 0 Å². The highest BCUT2D eigenvalue weighted by Gasteiger charge is 2.26. The van der Waals surface area contributed by atoms with Gasteiger partial charge in [-0.25, -0.2) is 0 Å². The lowest BCUT2D eigenvalue weighted by atomic mass is 10.0. The Hall–Kier alpha value is -2.65. The maximum atomic E-state index is 4.62. The number of benzene rings is 3. The Bertz CT molecular complexity index is 887. The predicted octanol–water partition coefficient (Wildman–Crippen LogP) is 5.52. The maximum Gasteiger partial charge on any atom is 0.101 e. The van der Waals surface area contributed by atoms with Gasteiger partial charge in [0.25, 0.3) is 0 Å². The molecule has 0 saturated heterocycles. The minimum Gasteiger partial charge on any atom is -0.153 e. The molecule has 0 N–H and O–H groups in total. The Labute approximate surface area is 152 Å². The molecular formula is C22H18N2S. The van der Waals surface area contributed by atoms with Crippen molar-refractivity contribution in [2.24, 2.45) is 10.2 Å². The van der Waals surface area contributed by atoms with E-state index in [1.54, 1.807) is 11.8 Å². The summed E-state index contributed by atoms with van der Waals surface area (Å²) in [4.78, 5) is 0. The van der Waals surface area contributed by atoms with Crippen molar-refractivity contribution < 1.29 is 0 Å². The molecule has 0 saturated carbocycles. The van der Waals surface area contributed by atoms with Gasteiger partial charge in [-0.15, -0.1) is 5.10 Å². The third kappa shape index (κ3) is 3.72. The zero-order chi connectivity index (χ0) is 16.9. The first-order valence-corrected chi connectivity index (χ1v) is 9.23. The van der Waals surface area contributed by atoms with Gasteiger partial charge in [0.1, 0.15) is 5.04 Å². The summed E-state index contributed by atoms with van der Waals surface area (Å²) in [5.41, 5.74) is 4.68. The summed E-state index contributed by atoms with van der Waals surface area (Å²) in [6.07, 6.45) is 0.820. The molecule has 3 heteroatoms. The summed E-state index contributed by atoms with van der Waals surface area (Å²) >= 11 is 1.80. The van der Waals surface area contributed by atoms with Gasteiger partial charge in [0, 0.05) is 6.42 Å². The van der Waals surface area contributed by atoms with Crippen LogP contribution in [0.25, 0.3) is 0 Å². The highest BCUT2D eigenvalue weighted by molar-refractivity contribution is 8.14. The molecule has 4 rings (SSSR count). The first-order valence-electron chi connectivity index (χ1n) is 8.35. The zero-order valence-electron chi connectivity index (χ0n) is 13.7. The minimum atomic E-state index is 0.166. The van der Waals surface area contributed by atoms with Crippen LogP contribution in [0.4, 0.5) is 0 Å². The van der Waals surface area contributed by atoms with E-state index < -0.39 is 0 Å². The third-order valence-corrected chi connectivity index (χ3v) is 5.37. The molecule has 0 spiro atoms. The van der Waals surface area contributed by atoms with Crippen LogP contribution in [0, 0.1) is 0 Å².